The van der Waals surface area contributed by atoms with Gasteiger partial charge in [0, 0.05) is 46.6 Å². The Morgan fingerprint density at radius 1 is 0.697 bits per heavy atom. The Bertz CT molecular complexity index is 3020. The van der Waals surface area contributed by atoms with E-state index in [1.165, 1.54) is 11.8 Å². The summed E-state index contributed by atoms with van der Waals surface area (Å²) in [6.07, 6.45) is 1.01. The van der Waals surface area contributed by atoms with Gasteiger partial charge in [-0.3, -0.25) is 19.3 Å². The van der Waals surface area contributed by atoms with Crippen molar-refractivity contribution < 1.29 is 29.0 Å². The van der Waals surface area contributed by atoms with E-state index in [2.05, 4.69) is 10.6 Å². The molecule has 0 spiro atoms. The van der Waals surface area contributed by atoms with Gasteiger partial charge in [-0.1, -0.05) is 109 Å². The van der Waals surface area contributed by atoms with Crippen molar-refractivity contribution in [2.45, 2.75) is 30.5 Å². The molecule has 0 saturated carbocycles. The number of nitrogens with one attached hydrogen (secondary N) is 2. The molecule has 8 aromatic rings. The van der Waals surface area contributed by atoms with Gasteiger partial charge in [-0.2, -0.15) is 0 Å². The van der Waals surface area contributed by atoms with Crippen LogP contribution in [0.5, 0.6) is 5.75 Å². The van der Waals surface area contributed by atoms with E-state index in [-0.39, 0.29) is 42.1 Å². The molecule has 0 saturated heterocycles. The average molecular weight is 892 g/mol. The number of para-hydroxylation sites is 2. The number of hydrogen-bond donors (Lipinski definition) is 3. The number of rotatable bonds is 14. The fourth-order valence-corrected chi connectivity index (χ4v) is 9.01. The molecule has 9 rings (SSSR count). The number of fused-ring (bicyclic) bond motifs is 2. The van der Waals surface area contributed by atoms with Crippen LogP contribution in [-0.4, -0.2) is 56.7 Å². The zero-order valence-corrected chi connectivity index (χ0v) is 36.6. The topological polar surface area (TPSA) is 133 Å². The highest BCUT2D eigenvalue weighted by molar-refractivity contribution is 8.00. The number of carboxylic acid groups (broad SMARTS) is 1. The lowest BCUT2D eigenvalue weighted by atomic mass is 9.93. The normalized spacial score (nSPS) is 13.1. The smallest absolute Gasteiger partial charge is 0.404 e. The zero-order valence-electron chi connectivity index (χ0n) is 35.7. The molecule has 0 fully saturated rings. The molecule has 1 aliphatic rings. The zero-order chi connectivity index (χ0) is 45.4. The second-order valence-corrected chi connectivity index (χ2v) is 16.9. The third-order valence-corrected chi connectivity index (χ3v) is 12.5. The molecule has 0 unspecified atom stereocenters. The number of amides is 4. The van der Waals surface area contributed by atoms with E-state index in [0.717, 1.165) is 21.6 Å². The Labute approximate surface area is 386 Å². The Hall–Kier alpha value is -8.09. The second kappa shape index (κ2) is 19.7. The molecule has 1 aromatic heterocycles. The number of nitrogens with zero attached hydrogens (tertiary/aromatic N) is 3. The summed E-state index contributed by atoms with van der Waals surface area (Å²) in [4.78, 5) is 59.9. The number of hydrogen-bond acceptors (Lipinski definition) is 6. The van der Waals surface area contributed by atoms with Crippen LogP contribution in [0.25, 0.3) is 16.6 Å². The van der Waals surface area contributed by atoms with E-state index in [9.17, 15) is 14.7 Å². The molecule has 66 heavy (non-hydrogen) atoms. The largest absolute Gasteiger partial charge is 0.489 e. The van der Waals surface area contributed by atoms with E-state index in [1.807, 2.05) is 168 Å². The van der Waals surface area contributed by atoms with Gasteiger partial charge >= 0.3 is 6.09 Å². The molecule has 2 heterocycles. The fraction of sp³-hybridized carbons (Fsp3) is 0.111. The maximum atomic E-state index is 15.3. The van der Waals surface area contributed by atoms with Gasteiger partial charge in [0.05, 0.1) is 34.1 Å². The van der Waals surface area contributed by atoms with Crippen LogP contribution >= 0.6 is 11.8 Å². The van der Waals surface area contributed by atoms with Crippen molar-refractivity contribution in [3.63, 3.8) is 0 Å². The fourth-order valence-electron chi connectivity index (χ4n) is 8.29. The van der Waals surface area contributed by atoms with Crippen LogP contribution in [0.4, 0.5) is 21.9 Å². The summed E-state index contributed by atoms with van der Waals surface area (Å²) >= 11 is 1.40. The molecule has 7 aromatic carbocycles. The first-order chi connectivity index (χ1) is 32.3. The molecule has 1 aliphatic heterocycles. The molecule has 0 bridgehead atoms. The van der Waals surface area contributed by atoms with Crippen LogP contribution in [0, 0.1) is 0 Å². The number of ether oxygens (including phenoxy) is 1. The molecule has 328 valence electrons. The SMILES string of the molecule is O=C(O)NC[C@@H]1Cc2ccccc2CN1C(=O)c1cc(NC(=O)CSc2ccccc2)ccc1-n1cc(C(=O)N(c2ccccc2)c2ccc(OCc3ccccc3)cc2)c2ccccc21. The van der Waals surface area contributed by atoms with Crippen LogP contribution in [0.1, 0.15) is 37.4 Å². The minimum atomic E-state index is -1.19. The number of carbonyl (C=O) groups excluding carboxylic acids is 3. The first-order valence-corrected chi connectivity index (χ1v) is 22.5. The lowest BCUT2D eigenvalue weighted by molar-refractivity contribution is -0.113. The van der Waals surface area contributed by atoms with Crippen LogP contribution < -0.4 is 20.3 Å². The third kappa shape index (κ3) is 9.69. The third-order valence-electron chi connectivity index (χ3n) is 11.5. The standard InChI is InChI=1S/C54H45N5O6S/c60-51(36-66-45-20-8-3-9-21-45)56-40-24-29-50(47(31-40)52(61)57-33-39-17-11-10-16-38(39)30-43(57)32-55-54(63)64)58-34-48(46-22-12-13-23-49(46)58)53(62)59(41-18-6-2-7-19-41)42-25-27-44(28-26-42)65-35-37-14-4-1-5-15-37/h1-29,31,34,43,55H,30,32-33,35-36H2,(H,56,60)(H,63,64)/t43-/m0/s1. The summed E-state index contributed by atoms with van der Waals surface area (Å²) in [5.74, 6) is -0.103. The van der Waals surface area contributed by atoms with Crippen molar-refractivity contribution in [1.29, 1.82) is 0 Å². The van der Waals surface area contributed by atoms with Gasteiger partial charge < -0.3 is 29.9 Å². The molecule has 12 heteroatoms. The number of aromatic nitrogens is 1. The van der Waals surface area contributed by atoms with Crippen molar-refractivity contribution in [3.05, 3.63) is 216 Å². The maximum absolute atomic E-state index is 15.3. The van der Waals surface area contributed by atoms with Gasteiger partial charge in [-0.05, 0) is 95.9 Å². The van der Waals surface area contributed by atoms with Crippen LogP contribution in [-0.2, 0) is 24.4 Å². The highest BCUT2D eigenvalue weighted by atomic mass is 32.2. The molecule has 11 nitrogen and oxygen atoms in total. The molecule has 3 N–H and O–H groups in total. The Kier molecular flexibility index (Phi) is 12.9. The molecule has 0 aliphatic carbocycles. The minimum Gasteiger partial charge on any atom is -0.489 e. The summed E-state index contributed by atoms with van der Waals surface area (Å²) in [6, 6.07) is 56.4. The molecular weight excluding hydrogens is 847 g/mol. The molecule has 4 amide bonds. The highest BCUT2D eigenvalue weighted by Crippen LogP contribution is 2.35. The van der Waals surface area contributed by atoms with E-state index >= 15 is 9.59 Å². The number of anilines is 3. The summed E-state index contributed by atoms with van der Waals surface area (Å²) in [5.41, 5.74) is 6.53. The van der Waals surface area contributed by atoms with Crippen LogP contribution in [0.2, 0.25) is 0 Å². The second-order valence-electron chi connectivity index (χ2n) is 15.8. The van der Waals surface area contributed by atoms with E-state index in [0.29, 0.717) is 58.0 Å². The summed E-state index contributed by atoms with van der Waals surface area (Å²) in [7, 11) is 0. The predicted octanol–water partition coefficient (Wildman–Crippen LogP) is 10.8. The Morgan fingerprint density at radius 2 is 1.35 bits per heavy atom. The minimum absolute atomic E-state index is 0.0123. The first kappa shape index (κ1) is 43.2. The van der Waals surface area contributed by atoms with Crippen LogP contribution in [0.3, 0.4) is 0 Å². The lowest BCUT2D eigenvalue weighted by Crippen LogP contribution is -2.50. The summed E-state index contributed by atoms with van der Waals surface area (Å²) in [6.45, 7) is 0.651. The molecular formula is C54H45N5O6S. The van der Waals surface area contributed by atoms with Gasteiger partial charge in [0.25, 0.3) is 11.8 Å². The Morgan fingerprint density at radius 3 is 2.09 bits per heavy atom. The van der Waals surface area contributed by atoms with Gasteiger partial charge in [0.2, 0.25) is 5.91 Å². The Balaban J connectivity index is 1.10. The van der Waals surface area contributed by atoms with Crippen molar-refractivity contribution in [1.82, 2.24) is 14.8 Å². The van der Waals surface area contributed by atoms with Crippen molar-refractivity contribution >= 4 is 63.5 Å². The number of thioether (sulfide) groups is 1. The maximum Gasteiger partial charge on any atom is 0.404 e. The van der Waals surface area contributed by atoms with Gasteiger partial charge in [0.15, 0.2) is 0 Å². The van der Waals surface area contributed by atoms with Gasteiger partial charge in [0.1, 0.15) is 12.4 Å². The predicted molar refractivity (Wildman–Crippen MR) is 259 cm³/mol. The van der Waals surface area contributed by atoms with Crippen molar-refractivity contribution in [3.8, 4) is 11.4 Å². The summed E-state index contributed by atoms with van der Waals surface area (Å²) in [5, 5.41) is 15.8. The van der Waals surface area contributed by atoms with Crippen molar-refractivity contribution in [2.24, 2.45) is 0 Å². The summed E-state index contributed by atoms with van der Waals surface area (Å²) < 4.78 is 7.92. The monoisotopic (exact) mass is 891 g/mol. The van der Waals surface area contributed by atoms with E-state index < -0.39 is 12.1 Å². The van der Waals surface area contributed by atoms with Crippen LogP contribution in [0.15, 0.2) is 193 Å². The quantitative estimate of drug-likeness (QED) is 0.0926. The molecule has 0 radical (unpaired) electrons. The van der Waals surface area contributed by atoms with Gasteiger partial charge in [-0.25, -0.2) is 4.79 Å². The lowest BCUT2D eigenvalue weighted by Gasteiger charge is -2.37. The first-order valence-electron chi connectivity index (χ1n) is 21.5. The highest BCUT2D eigenvalue weighted by Gasteiger charge is 2.33. The molecule has 1 atom stereocenters. The van der Waals surface area contributed by atoms with Gasteiger partial charge in [-0.15, -0.1) is 11.8 Å². The van der Waals surface area contributed by atoms with Crippen molar-refractivity contribution in [2.75, 3.05) is 22.5 Å². The number of benzene rings is 7. The van der Waals surface area contributed by atoms with E-state index in [4.69, 9.17) is 4.74 Å². The average Bonchev–Trinajstić information content (AvgIpc) is 3.75. The van der Waals surface area contributed by atoms with E-state index in [1.54, 1.807) is 34.2 Å². The number of carbonyl (C=O) groups is 4.